The van der Waals surface area contributed by atoms with Crippen molar-refractivity contribution in [3.05, 3.63) is 216 Å². The lowest BCUT2D eigenvalue weighted by molar-refractivity contribution is -0.158. The molecule has 0 saturated carbocycles. The number of hydrogen-bond acceptors (Lipinski definition) is 12. The number of nitrogens with zero attached hydrogens (tertiary/aromatic N) is 4. The number of halogens is 1. The average molecular weight is 1140 g/mol. The fraction of sp³-hybridized carbons (Fsp3) is 0.371. The molecule has 3 atom stereocenters. The lowest BCUT2D eigenvalue weighted by atomic mass is 9.77. The Morgan fingerprint density at radius 1 is 0.643 bits per heavy atom. The van der Waals surface area contributed by atoms with E-state index in [1.165, 1.54) is 70.6 Å². The number of carbonyl (C=O) groups excluding carboxylic acids is 1. The van der Waals surface area contributed by atoms with E-state index in [0.29, 0.717) is 11.5 Å². The minimum absolute atomic E-state index is 0.0941. The van der Waals surface area contributed by atoms with Crippen molar-refractivity contribution in [2.75, 3.05) is 39.5 Å². The molecule has 1 saturated heterocycles. The van der Waals surface area contributed by atoms with E-state index in [2.05, 4.69) is 28.1 Å². The predicted octanol–water partition coefficient (Wildman–Crippen LogP) is 15.7. The van der Waals surface area contributed by atoms with Gasteiger partial charge in [0, 0.05) is 6.42 Å². The standard InChI is InChI=1S/C70H78FN5O8/c1-5-7-8-9-10-11-12-13-14-15-16-17-18-31-48-81-67(77)82-52-80-50-68(6-2)61(83-70(56-36-27-21-28-37-56,57-38-29-22-30-39-57)58-42-46-60(79-4)47-43-58)49-62(84-68)76-51-72-63-64(73-66(71)74-65(63)76)75-69(53-32-23-19-24-33-53,54-34-25-20-26-35-54)55-40-44-59(78-3)45-41-55/h2,19-30,32-47,51,61-62H,5,7-18,31,48-50,52H2,1,3-4H3,(H,73,74,75)/t61-,62+,68+/m0/s1. The predicted molar refractivity (Wildman–Crippen MR) is 325 cm³/mol. The van der Waals surface area contributed by atoms with Gasteiger partial charge in [-0.1, -0.05) is 242 Å². The summed E-state index contributed by atoms with van der Waals surface area (Å²) in [4.78, 5) is 26.6. The summed E-state index contributed by atoms with van der Waals surface area (Å²) in [7, 11) is 3.24. The average Bonchev–Trinajstić information content (AvgIpc) is 2.56. The Morgan fingerprint density at radius 2 is 1.11 bits per heavy atom. The second kappa shape index (κ2) is 29.9. The molecule has 1 aliphatic heterocycles. The van der Waals surface area contributed by atoms with E-state index >= 15 is 4.39 Å². The van der Waals surface area contributed by atoms with Crippen LogP contribution in [0.4, 0.5) is 15.0 Å². The van der Waals surface area contributed by atoms with Gasteiger partial charge in [-0.05, 0) is 64.1 Å². The second-order valence-electron chi connectivity index (χ2n) is 21.4. The van der Waals surface area contributed by atoms with Gasteiger partial charge in [0.05, 0.1) is 33.8 Å². The van der Waals surface area contributed by atoms with Crippen LogP contribution in [0.15, 0.2) is 176 Å². The van der Waals surface area contributed by atoms with Crippen molar-refractivity contribution in [3.8, 4) is 23.8 Å². The highest BCUT2D eigenvalue weighted by atomic mass is 19.1. The third-order valence-corrected chi connectivity index (χ3v) is 15.9. The molecule has 3 heterocycles. The van der Waals surface area contributed by atoms with Gasteiger partial charge in [0.15, 0.2) is 29.4 Å². The molecule has 84 heavy (non-hydrogen) atoms. The first-order chi connectivity index (χ1) is 41.3. The molecule has 0 spiro atoms. The summed E-state index contributed by atoms with van der Waals surface area (Å²) in [5.74, 6) is 4.38. The molecule has 8 aromatic rings. The summed E-state index contributed by atoms with van der Waals surface area (Å²) in [6, 6.07) is 54.9. The van der Waals surface area contributed by atoms with Gasteiger partial charge in [-0.3, -0.25) is 4.57 Å². The van der Waals surface area contributed by atoms with Crippen LogP contribution in [0.25, 0.3) is 11.2 Å². The number of carbonyl (C=O) groups is 1. The Kier molecular flexibility index (Phi) is 21.6. The first-order valence-corrected chi connectivity index (χ1v) is 29.7. The minimum Gasteiger partial charge on any atom is -0.497 e. The molecule has 1 aliphatic rings. The highest BCUT2D eigenvalue weighted by molar-refractivity contribution is 5.84. The van der Waals surface area contributed by atoms with Crippen molar-refractivity contribution >= 4 is 23.1 Å². The number of hydrogen-bond donors (Lipinski definition) is 1. The van der Waals surface area contributed by atoms with Crippen molar-refractivity contribution < 1.29 is 42.3 Å². The molecule has 13 nitrogen and oxygen atoms in total. The number of unbranched alkanes of at least 4 members (excludes halogenated alkanes) is 13. The van der Waals surface area contributed by atoms with Crippen LogP contribution >= 0.6 is 0 Å². The summed E-state index contributed by atoms with van der Waals surface area (Å²) in [6.45, 7) is 1.72. The third-order valence-electron chi connectivity index (χ3n) is 15.9. The van der Waals surface area contributed by atoms with Gasteiger partial charge in [-0.15, -0.1) is 6.42 Å². The highest BCUT2D eigenvalue weighted by Gasteiger charge is 2.54. The van der Waals surface area contributed by atoms with Crippen LogP contribution in [0.1, 0.15) is 143 Å². The maximum Gasteiger partial charge on any atom is 0.510 e. The summed E-state index contributed by atoms with van der Waals surface area (Å²) in [5, 5.41) is 3.69. The molecule has 1 fully saturated rings. The molecule has 1 N–H and O–H groups in total. The zero-order chi connectivity index (χ0) is 58.5. The van der Waals surface area contributed by atoms with Crippen molar-refractivity contribution in [1.29, 1.82) is 0 Å². The summed E-state index contributed by atoms with van der Waals surface area (Å²) < 4.78 is 61.1. The summed E-state index contributed by atoms with van der Waals surface area (Å²) in [5.41, 5.74) is 1.19. The molecular formula is C70H78FN5O8. The number of methoxy groups -OCH3 is 2. The quantitative estimate of drug-likeness (QED) is 0.0107. The topological polar surface area (TPSA) is 137 Å². The van der Waals surface area contributed by atoms with Crippen LogP contribution in [0.3, 0.4) is 0 Å². The van der Waals surface area contributed by atoms with Crippen molar-refractivity contribution in [2.24, 2.45) is 0 Å². The van der Waals surface area contributed by atoms with Gasteiger partial charge in [0.1, 0.15) is 35.0 Å². The maximum atomic E-state index is 16.5. The number of terminal acetylenes is 1. The van der Waals surface area contributed by atoms with Crippen LogP contribution in [-0.4, -0.2) is 71.6 Å². The highest BCUT2D eigenvalue weighted by Crippen LogP contribution is 2.49. The molecule has 438 valence electrons. The Labute approximate surface area is 494 Å². The van der Waals surface area contributed by atoms with Gasteiger partial charge < -0.3 is 38.5 Å². The number of anilines is 1. The van der Waals surface area contributed by atoms with Crippen LogP contribution in [0, 0.1) is 18.4 Å². The monoisotopic (exact) mass is 1140 g/mol. The van der Waals surface area contributed by atoms with Crippen LogP contribution in [0.5, 0.6) is 11.5 Å². The molecule has 0 amide bonds. The lowest BCUT2D eigenvalue weighted by Crippen LogP contribution is -2.49. The second-order valence-corrected chi connectivity index (χ2v) is 21.4. The fourth-order valence-electron chi connectivity index (χ4n) is 11.5. The van der Waals surface area contributed by atoms with Crippen LogP contribution in [0.2, 0.25) is 0 Å². The van der Waals surface area contributed by atoms with Crippen molar-refractivity contribution in [2.45, 2.75) is 132 Å². The van der Waals surface area contributed by atoms with E-state index in [1.807, 2.05) is 170 Å². The van der Waals surface area contributed by atoms with Crippen molar-refractivity contribution in [3.63, 3.8) is 0 Å². The van der Waals surface area contributed by atoms with E-state index < -0.39 is 48.1 Å². The molecule has 0 unspecified atom stereocenters. The number of rotatable bonds is 32. The largest absolute Gasteiger partial charge is 0.510 e. The third kappa shape index (κ3) is 14.3. The van der Waals surface area contributed by atoms with Gasteiger partial charge >= 0.3 is 12.2 Å². The smallest absolute Gasteiger partial charge is 0.497 e. The Morgan fingerprint density at radius 3 is 1.61 bits per heavy atom. The van der Waals surface area contributed by atoms with Gasteiger partial charge in [-0.25, -0.2) is 9.78 Å². The Bertz CT molecular complexity index is 3230. The number of imidazole rings is 1. The van der Waals surface area contributed by atoms with Gasteiger partial charge in [0.25, 0.3) is 0 Å². The van der Waals surface area contributed by atoms with E-state index in [1.54, 1.807) is 25.1 Å². The van der Waals surface area contributed by atoms with E-state index in [0.717, 1.165) is 52.6 Å². The molecule has 2 aromatic heterocycles. The Balaban J connectivity index is 0.988. The van der Waals surface area contributed by atoms with Gasteiger partial charge in [0.2, 0.25) is 0 Å². The van der Waals surface area contributed by atoms with Gasteiger partial charge in [-0.2, -0.15) is 14.4 Å². The molecule has 14 heteroatoms. The zero-order valence-electron chi connectivity index (χ0n) is 48.6. The number of benzene rings is 6. The molecular weight excluding hydrogens is 1060 g/mol. The summed E-state index contributed by atoms with van der Waals surface area (Å²) >= 11 is 0. The number of aromatic nitrogens is 4. The van der Waals surface area contributed by atoms with Crippen LogP contribution in [-0.2, 0) is 34.8 Å². The lowest BCUT2D eigenvalue weighted by Gasteiger charge is -2.41. The maximum absolute atomic E-state index is 16.5. The van der Waals surface area contributed by atoms with E-state index in [-0.39, 0.29) is 36.6 Å². The Hall–Kier alpha value is -8.09. The number of fused-ring (bicyclic) bond motifs is 1. The first-order valence-electron chi connectivity index (χ1n) is 29.7. The summed E-state index contributed by atoms with van der Waals surface area (Å²) in [6.07, 6.45) is 21.7. The number of nitrogens with one attached hydrogen (secondary N) is 1. The molecule has 0 radical (unpaired) electrons. The normalized spacial score (nSPS) is 16.0. The first kappa shape index (κ1) is 60.5. The molecule has 9 rings (SSSR count). The van der Waals surface area contributed by atoms with E-state index in [4.69, 9.17) is 44.6 Å². The van der Waals surface area contributed by atoms with Crippen LogP contribution < -0.4 is 14.8 Å². The van der Waals surface area contributed by atoms with E-state index in [9.17, 15) is 4.79 Å². The molecule has 0 bridgehead atoms. The minimum atomic E-state index is -1.67. The zero-order valence-corrected chi connectivity index (χ0v) is 48.6. The number of ether oxygens (including phenoxy) is 7. The van der Waals surface area contributed by atoms with Crippen molar-refractivity contribution in [1.82, 2.24) is 19.5 Å². The fourth-order valence-corrected chi connectivity index (χ4v) is 11.5. The molecule has 6 aromatic carbocycles. The molecule has 0 aliphatic carbocycles. The SMILES string of the molecule is C#C[C@]1(COCOC(=O)OCCCCCCCCCCCCCCCC)O[C@@H](n2cnc3c(NC(c4ccccc4)(c4ccccc4)c4ccc(OC)cc4)nc(F)nc32)C[C@@H]1OC(c1ccccc1)(c1ccccc1)c1ccc(OC)cc1.